The van der Waals surface area contributed by atoms with Crippen molar-refractivity contribution in [1.29, 1.82) is 0 Å². The molecule has 0 aliphatic carbocycles. The minimum Gasteiger partial charge on any atom is -0.355 e. The molecule has 24 heavy (non-hydrogen) atoms. The fourth-order valence-corrected chi connectivity index (χ4v) is 4.15. The average molecular weight is 472 g/mol. The molecule has 1 N–H and O–H groups in total. The summed E-state index contributed by atoms with van der Waals surface area (Å²) in [5.41, 5.74) is 0. The van der Waals surface area contributed by atoms with Crippen molar-refractivity contribution in [2.75, 3.05) is 40.0 Å². The molecule has 0 aromatic carbocycles. The highest BCUT2D eigenvalue weighted by Crippen LogP contribution is 2.19. The molecule has 0 saturated carbocycles. The lowest BCUT2D eigenvalue weighted by molar-refractivity contribution is 0.379. The number of sulfonamides is 1. The average Bonchev–Trinajstić information content (AvgIpc) is 2.96. The molecule has 142 valence electrons. The normalized spacial score (nSPS) is 19.0. The Morgan fingerprint density at radius 2 is 2.12 bits per heavy atom. The lowest BCUT2D eigenvalue weighted by atomic mass is 10.2. The lowest BCUT2D eigenvalue weighted by Crippen LogP contribution is -2.46. The van der Waals surface area contributed by atoms with Crippen LogP contribution in [0, 0.1) is 0 Å². The molecule has 1 rings (SSSR count). The molecule has 0 radical (unpaired) electrons. The fraction of sp³-hybridized carbons (Fsp3) is 0.812. The highest BCUT2D eigenvalue weighted by atomic mass is 127. The third-order valence-corrected chi connectivity index (χ3v) is 5.55. The maximum absolute atomic E-state index is 11.8. The van der Waals surface area contributed by atoms with E-state index in [1.165, 1.54) is 19.1 Å². The van der Waals surface area contributed by atoms with Crippen LogP contribution in [0.5, 0.6) is 0 Å². The van der Waals surface area contributed by atoms with Crippen LogP contribution in [0.1, 0.15) is 38.5 Å². The van der Waals surface area contributed by atoms with Gasteiger partial charge in [-0.1, -0.05) is 12.5 Å². The standard InChI is InChI=1S/C16H32N4O2S.HI/c1-5-6-7-8-9-12-19(3)16(17-2)18-14-15-11-10-13-20(15)23(4,21)22;/h5,15H,1,6-14H2,2-4H3,(H,17,18);1H/t15-;/m1./s1. The number of nitrogens with one attached hydrogen (secondary N) is 1. The van der Waals surface area contributed by atoms with Gasteiger partial charge in [0.1, 0.15) is 0 Å². The van der Waals surface area contributed by atoms with Gasteiger partial charge in [-0.2, -0.15) is 4.31 Å². The van der Waals surface area contributed by atoms with Crippen molar-refractivity contribution in [3.8, 4) is 0 Å². The van der Waals surface area contributed by atoms with Crippen LogP contribution in [0.2, 0.25) is 0 Å². The second-order valence-corrected chi connectivity index (χ2v) is 8.09. The number of halogens is 1. The van der Waals surface area contributed by atoms with E-state index < -0.39 is 10.0 Å². The molecular weight excluding hydrogens is 439 g/mol. The van der Waals surface area contributed by atoms with E-state index in [2.05, 4.69) is 21.8 Å². The predicted molar refractivity (Wildman–Crippen MR) is 113 cm³/mol. The van der Waals surface area contributed by atoms with E-state index in [1.54, 1.807) is 11.4 Å². The molecular formula is C16H33IN4O2S. The monoisotopic (exact) mass is 472 g/mol. The number of aliphatic imine (C=N–C) groups is 1. The largest absolute Gasteiger partial charge is 0.355 e. The Morgan fingerprint density at radius 3 is 2.71 bits per heavy atom. The number of rotatable bonds is 9. The predicted octanol–water partition coefficient (Wildman–Crippen LogP) is 2.28. The van der Waals surface area contributed by atoms with E-state index in [0.29, 0.717) is 13.1 Å². The lowest BCUT2D eigenvalue weighted by Gasteiger charge is -2.26. The first-order valence-electron chi connectivity index (χ1n) is 8.39. The molecule has 8 heteroatoms. The Hall–Kier alpha value is -0.350. The Bertz CT molecular complexity index is 496. The topological polar surface area (TPSA) is 65.0 Å². The first-order valence-corrected chi connectivity index (χ1v) is 10.2. The van der Waals surface area contributed by atoms with Gasteiger partial charge in [0, 0.05) is 39.8 Å². The van der Waals surface area contributed by atoms with Gasteiger partial charge < -0.3 is 10.2 Å². The fourth-order valence-electron chi connectivity index (χ4n) is 2.96. The van der Waals surface area contributed by atoms with Crippen LogP contribution in [-0.2, 0) is 10.0 Å². The van der Waals surface area contributed by atoms with Crippen molar-refractivity contribution < 1.29 is 8.42 Å². The van der Waals surface area contributed by atoms with E-state index in [9.17, 15) is 8.42 Å². The Kier molecular flexibility index (Phi) is 11.9. The van der Waals surface area contributed by atoms with Crippen LogP contribution < -0.4 is 5.32 Å². The minimum absolute atomic E-state index is 0. The van der Waals surface area contributed by atoms with Gasteiger partial charge in [-0.05, 0) is 32.1 Å². The zero-order valence-electron chi connectivity index (χ0n) is 15.2. The van der Waals surface area contributed by atoms with Crippen molar-refractivity contribution in [1.82, 2.24) is 14.5 Å². The molecule has 0 unspecified atom stereocenters. The van der Waals surface area contributed by atoms with E-state index in [4.69, 9.17) is 0 Å². The number of allylic oxidation sites excluding steroid dienone is 1. The smallest absolute Gasteiger partial charge is 0.211 e. The van der Waals surface area contributed by atoms with Crippen LogP contribution in [0.15, 0.2) is 17.6 Å². The molecule has 1 atom stereocenters. The molecule has 0 aromatic heterocycles. The van der Waals surface area contributed by atoms with Crippen LogP contribution >= 0.6 is 24.0 Å². The summed E-state index contributed by atoms with van der Waals surface area (Å²) >= 11 is 0. The Morgan fingerprint density at radius 1 is 1.42 bits per heavy atom. The van der Waals surface area contributed by atoms with Gasteiger partial charge >= 0.3 is 0 Å². The van der Waals surface area contributed by atoms with Crippen molar-refractivity contribution >= 4 is 40.0 Å². The van der Waals surface area contributed by atoms with Crippen LogP contribution in [0.25, 0.3) is 0 Å². The molecule has 0 spiro atoms. The first-order chi connectivity index (χ1) is 10.9. The molecule has 1 saturated heterocycles. The van der Waals surface area contributed by atoms with E-state index in [1.807, 2.05) is 13.1 Å². The number of guanidine groups is 1. The third-order valence-electron chi connectivity index (χ3n) is 4.22. The number of hydrogen-bond acceptors (Lipinski definition) is 3. The summed E-state index contributed by atoms with van der Waals surface area (Å²) in [6, 6.07) is 0.0303. The van der Waals surface area contributed by atoms with Gasteiger partial charge in [-0.25, -0.2) is 8.42 Å². The Balaban J connectivity index is 0.00000529. The molecule has 6 nitrogen and oxygen atoms in total. The van der Waals surface area contributed by atoms with Gasteiger partial charge in [-0.15, -0.1) is 30.6 Å². The van der Waals surface area contributed by atoms with Crippen molar-refractivity contribution in [3.63, 3.8) is 0 Å². The highest BCUT2D eigenvalue weighted by molar-refractivity contribution is 14.0. The van der Waals surface area contributed by atoms with Gasteiger partial charge in [0.15, 0.2) is 5.96 Å². The van der Waals surface area contributed by atoms with Gasteiger partial charge in [0.2, 0.25) is 10.0 Å². The minimum atomic E-state index is -3.12. The maximum Gasteiger partial charge on any atom is 0.211 e. The maximum atomic E-state index is 11.8. The molecule has 1 fully saturated rings. The summed E-state index contributed by atoms with van der Waals surface area (Å²) in [5.74, 6) is 0.828. The summed E-state index contributed by atoms with van der Waals surface area (Å²) in [4.78, 5) is 6.40. The second-order valence-electron chi connectivity index (χ2n) is 6.16. The molecule has 0 aromatic rings. The number of nitrogens with zero attached hydrogens (tertiary/aromatic N) is 3. The summed E-state index contributed by atoms with van der Waals surface area (Å²) in [6.07, 6.45) is 9.62. The first kappa shape index (κ1) is 23.6. The summed E-state index contributed by atoms with van der Waals surface area (Å²) < 4.78 is 25.1. The van der Waals surface area contributed by atoms with E-state index >= 15 is 0 Å². The van der Waals surface area contributed by atoms with Gasteiger partial charge in [0.25, 0.3) is 0 Å². The van der Waals surface area contributed by atoms with Gasteiger partial charge in [-0.3, -0.25) is 4.99 Å². The zero-order chi connectivity index (χ0) is 17.3. The molecule has 1 aliphatic heterocycles. The highest BCUT2D eigenvalue weighted by Gasteiger charge is 2.31. The van der Waals surface area contributed by atoms with Crippen molar-refractivity contribution in [2.45, 2.75) is 44.6 Å². The van der Waals surface area contributed by atoms with Crippen LogP contribution in [0.4, 0.5) is 0 Å². The van der Waals surface area contributed by atoms with E-state index in [0.717, 1.165) is 38.2 Å². The zero-order valence-corrected chi connectivity index (χ0v) is 18.3. The summed E-state index contributed by atoms with van der Waals surface area (Å²) in [5, 5.41) is 3.32. The summed E-state index contributed by atoms with van der Waals surface area (Å²) in [6.45, 7) is 5.92. The van der Waals surface area contributed by atoms with Gasteiger partial charge in [0.05, 0.1) is 6.26 Å². The molecule has 0 bridgehead atoms. The summed E-state index contributed by atoms with van der Waals surface area (Å²) in [7, 11) is 0.665. The molecule has 0 amide bonds. The van der Waals surface area contributed by atoms with Crippen molar-refractivity contribution in [2.24, 2.45) is 4.99 Å². The SMILES string of the molecule is C=CCCCCCN(C)C(=NC)NC[C@H]1CCCN1S(C)(=O)=O.I. The third kappa shape index (κ3) is 8.15. The Labute approximate surface area is 164 Å². The molecule has 1 aliphatic rings. The number of unbranched alkanes of at least 4 members (excludes halogenated alkanes) is 3. The van der Waals surface area contributed by atoms with E-state index in [-0.39, 0.29) is 30.0 Å². The second kappa shape index (κ2) is 12.1. The van der Waals surface area contributed by atoms with Crippen LogP contribution in [-0.4, -0.2) is 69.6 Å². The number of hydrogen-bond donors (Lipinski definition) is 1. The molecule has 1 heterocycles. The van der Waals surface area contributed by atoms with Crippen molar-refractivity contribution in [3.05, 3.63) is 12.7 Å². The van der Waals surface area contributed by atoms with Crippen LogP contribution in [0.3, 0.4) is 0 Å². The quantitative estimate of drug-likeness (QED) is 0.184.